The summed E-state index contributed by atoms with van der Waals surface area (Å²) in [6.45, 7) is 3.58. The summed E-state index contributed by atoms with van der Waals surface area (Å²) < 4.78 is 0. The molecule has 4 heteroatoms. The average Bonchev–Trinajstić information content (AvgIpc) is 3.37. The molecule has 1 aliphatic carbocycles. The highest BCUT2D eigenvalue weighted by atomic mass is 16.2. The van der Waals surface area contributed by atoms with Crippen molar-refractivity contribution in [1.29, 1.82) is 0 Å². The molecular weight excluding hydrogens is 276 g/mol. The van der Waals surface area contributed by atoms with E-state index in [9.17, 15) is 9.59 Å². The van der Waals surface area contributed by atoms with Crippen LogP contribution in [0.15, 0.2) is 30.3 Å². The molecule has 2 aliphatic rings. The Morgan fingerprint density at radius 1 is 1.09 bits per heavy atom. The van der Waals surface area contributed by atoms with Crippen LogP contribution < -0.4 is 5.32 Å². The van der Waals surface area contributed by atoms with Crippen LogP contribution >= 0.6 is 0 Å². The van der Waals surface area contributed by atoms with Gasteiger partial charge in [-0.05, 0) is 44.6 Å². The lowest BCUT2D eigenvalue weighted by molar-refractivity contribution is -0.145. The second-order valence-corrected chi connectivity index (χ2v) is 6.54. The number of benzene rings is 1. The van der Waals surface area contributed by atoms with Crippen LogP contribution in [0, 0.1) is 5.41 Å². The molecule has 4 nitrogen and oxygen atoms in total. The maximum absolute atomic E-state index is 12.7. The summed E-state index contributed by atoms with van der Waals surface area (Å²) in [6, 6.07) is 9.81. The van der Waals surface area contributed by atoms with E-state index in [1.807, 2.05) is 42.2 Å². The van der Waals surface area contributed by atoms with Crippen LogP contribution in [0.5, 0.6) is 0 Å². The minimum Gasteiger partial charge on any atom is -0.349 e. The van der Waals surface area contributed by atoms with Gasteiger partial charge in [-0.25, -0.2) is 0 Å². The van der Waals surface area contributed by atoms with Crippen molar-refractivity contribution in [2.75, 3.05) is 13.1 Å². The first kappa shape index (κ1) is 15.1. The van der Waals surface area contributed by atoms with Gasteiger partial charge in [0.1, 0.15) is 5.41 Å². The molecule has 118 valence electrons. The molecule has 0 radical (unpaired) electrons. The van der Waals surface area contributed by atoms with Crippen molar-refractivity contribution in [3.8, 4) is 0 Å². The number of hydrogen-bond donors (Lipinski definition) is 1. The van der Waals surface area contributed by atoms with E-state index in [4.69, 9.17) is 0 Å². The summed E-state index contributed by atoms with van der Waals surface area (Å²) in [6.07, 6.45) is 4.69. The molecule has 22 heavy (non-hydrogen) atoms. The highest BCUT2D eigenvalue weighted by molar-refractivity contribution is 6.08. The maximum atomic E-state index is 12.7. The molecule has 1 atom stereocenters. The molecule has 1 aliphatic heterocycles. The molecule has 1 N–H and O–H groups in total. The molecule has 2 fully saturated rings. The molecule has 0 bridgehead atoms. The van der Waals surface area contributed by atoms with Gasteiger partial charge in [-0.3, -0.25) is 9.59 Å². The van der Waals surface area contributed by atoms with Gasteiger partial charge in [0.2, 0.25) is 11.8 Å². The highest BCUT2D eigenvalue weighted by Gasteiger charge is 2.58. The summed E-state index contributed by atoms with van der Waals surface area (Å²) in [5.74, 6) is -0.0515. The van der Waals surface area contributed by atoms with Crippen molar-refractivity contribution in [1.82, 2.24) is 10.2 Å². The number of nitrogens with zero attached hydrogens (tertiary/aromatic N) is 1. The summed E-state index contributed by atoms with van der Waals surface area (Å²) >= 11 is 0. The fourth-order valence-corrected chi connectivity index (χ4v) is 3.22. The molecule has 1 aromatic rings. The Morgan fingerprint density at radius 2 is 1.73 bits per heavy atom. The molecule has 1 saturated carbocycles. The number of likely N-dealkylation sites (tertiary alicyclic amines) is 1. The van der Waals surface area contributed by atoms with Crippen molar-refractivity contribution in [2.24, 2.45) is 5.41 Å². The van der Waals surface area contributed by atoms with E-state index in [0.717, 1.165) is 31.5 Å². The Balaban J connectivity index is 1.65. The summed E-state index contributed by atoms with van der Waals surface area (Å²) in [5.41, 5.74) is 0.289. The van der Waals surface area contributed by atoms with Crippen LogP contribution in [0.2, 0.25) is 0 Å². The number of amides is 2. The number of carbonyl (C=O) groups is 2. The Bertz CT molecular complexity index is 545. The molecule has 1 unspecified atom stereocenters. The monoisotopic (exact) mass is 300 g/mol. The van der Waals surface area contributed by atoms with Crippen LogP contribution in [0.1, 0.15) is 50.6 Å². The molecule has 0 aromatic heterocycles. The number of nitrogens with one attached hydrogen (secondary N) is 1. The molecule has 3 rings (SSSR count). The quantitative estimate of drug-likeness (QED) is 0.869. The zero-order valence-electron chi connectivity index (χ0n) is 13.2. The fourth-order valence-electron chi connectivity index (χ4n) is 3.22. The van der Waals surface area contributed by atoms with Gasteiger partial charge in [0.15, 0.2) is 0 Å². The van der Waals surface area contributed by atoms with Crippen LogP contribution in [0.4, 0.5) is 0 Å². The van der Waals surface area contributed by atoms with Gasteiger partial charge in [-0.15, -0.1) is 0 Å². The number of hydrogen-bond acceptors (Lipinski definition) is 2. The number of rotatable bonds is 4. The van der Waals surface area contributed by atoms with E-state index in [1.165, 1.54) is 6.42 Å². The Morgan fingerprint density at radius 3 is 2.32 bits per heavy atom. The third-order valence-corrected chi connectivity index (χ3v) is 4.88. The topological polar surface area (TPSA) is 49.4 Å². The predicted molar refractivity (Wildman–Crippen MR) is 85.1 cm³/mol. The first-order valence-corrected chi connectivity index (χ1v) is 8.29. The maximum Gasteiger partial charge on any atom is 0.238 e. The largest absolute Gasteiger partial charge is 0.349 e. The molecule has 0 spiro atoms. The van der Waals surface area contributed by atoms with Gasteiger partial charge in [-0.2, -0.15) is 0 Å². The lowest BCUT2D eigenvalue weighted by atomic mass is 10.00. The normalized spacial score (nSPS) is 21.0. The van der Waals surface area contributed by atoms with Crippen LogP contribution in [-0.2, 0) is 9.59 Å². The van der Waals surface area contributed by atoms with Gasteiger partial charge in [0.05, 0.1) is 6.04 Å². The van der Waals surface area contributed by atoms with Gasteiger partial charge < -0.3 is 10.2 Å². The van der Waals surface area contributed by atoms with Gasteiger partial charge >= 0.3 is 0 Å². The lowest BCUT2D eigenvalue weighted by Gasteiger charge is -2.30. The third-order valence-electron chi connectivity index (χ3n) is 4.88. The van der Waals surface area contributed by atoms with Gasteiger partial charge in [0, 0.05) is 13.1 Å². The average molecular weight is 300 g/mol. The van der Waals surface area contributed by atoms with Crippen molar-refractivity contribution in [3.63, 3.8) is 0 Å². The number of carbonyl (C=O) groups excluding carboxylic acids is 2. The van der Waals surface area contributed by atoms with E-state index in [-0.39, 0.29) is 17.9 Å². The van der Waals surface area contributed by atoms with Crippen molar-refractivity contribution in [2.45, 2.75) is 45.1 Å². The molecule has 1 saturated heterocycles. The van der Waals surface area contributed by atoms with Crippen molar-refractivity contribution >= 4 is 11.8 Å². The summed E-state index contributed by atoms with van der Waals surface area (Å²) in [7, 11) is 0. The zero-order chi connectivity index (χ0) is 15.6. The van der Waals surface area contributed by atoms with E-state index >= 15 is 0 Å². The molecule has 1 aromatic carbocycles. The van der Waals surface area contributed by atoms with E-state index in [0.29, 0.717) is 12.8 Å². The first-order valence-electron chi connectivity index (χ1n) is 8.29. The molecule has 1 heterocycles. The lowest BCUT2D eigenvalue weighted by Crippen LogP contribution is -2.47. The van der Waals surface area contributed by atoms with Crippen molar-refractivity contribution in [3.05, 3.63) is 35.9 Å². The zero-order valence-corrected chi connectivity index (χ0v) is 13.2. The standard InChI is InChI=1S/C18H24N2O2/c1-14(15-8-4-2-5-9-15)19-16(21)18(10-11-18)17(22)20-12-6-3-7-13-20/h2,4-5,8-9,14H,3,6-7,10-13H2,1H3,(H,19,21). The second kappa shape index (κ2) is 6.11. The Hall–Kier alpha value is -1.84. The van der Waals surface area contributed by atoms with Crippen molar-refractivity contribution < 1.29 is 9.59 Å². The SMILES string of the molecule is CC(NC(=O)C1(C(=O)N2CCCCC2)CC1)c1ccccc1. The smallest absolute Gasteiger partial charge is 0.238 e. The minimum absolute atomic E-state index is 0.0463. The Kier molecular flexibility index (Phi) is 4.19. The molecular formula is C18H24N2O2. The third kappa shape index (κ3) is 2.87. The van der Waals surface area contributed by atoms with Gasteiger partial charge in [-0.1, -0.05) is 30.3 Å². The first-order chi connectivity index (χ1) is 10.6. The Labute approximate surface area is 131 Å². The van der Waals surface area contributed by atoms with Crippen LogP contribution in [-0.4, -0.2) is 29.8 Å². The minimum atomic E-state index is -0.777. The van der Waals surface area contributed by atoms with E-state index in [2.05, 4.69) is 5.32 Å². The molecule has 2 amide bonds. The van der Waals surface area contributed by atoms with Gasteiger partial charge in [0.25, 0.3) is 0 Å². The van der Waals surface area contributed by atoms with E-state index in [1.54, 1.807) is 0 Å². The highest BCUT2D eigenvalue weighted by Crippen LogP contribution is 2.48. The van der Waals surface area contributed by atoms with Crippen LogP contribution in [0.3, 0.4) is 0 Å². The second-order valence-electron chi connectivity index (χ2n) is 6.54. The summed E-state index contributed by atoms with van der Waals surface area (Å²) in [4.78, 5) is 27.2. The predicted octanol–water partition coefficient (Wildman–Crippen LogP) is 2.66. The fraction of sp³-hybridized carbons (Fsp3) is 0.556. The van der Waals surface area contributed by atoms with E-state index < -0.39 is 5.41 Å². The van der Waals surface area contributed by atoms with Crippen LogP contribution in [0.25, 0.3) is 0 Å². The summed E-state index contributed by atoms with van der Waals surface area (Å²) in [5, 5.41) is 3.03. The number of piperidine rings is 1.